The molecular formula is C26H35NO6. The second-order valence-electron chi connectivity index (χ2n) is 11.8. The van der Waals surface area contributed by atoms with Crippen molar-refractivity contribution in [1.29, 1.82) is 0 Å². The molecule has 1 amide bonds. The molecule has 7 fully saturated rings. The lowest BCUT2D eigenvalue weighted by Crippen LogP contribution is -2.80. The fraction of sp³-hybridized carbons (Fsp3) is 0.808. The minimum atomic E-state index is -0.670. The summed E-state index contributed by atoms with van der Waals surface area (Å²) in [5.74, 6) is -0.206. The number of piperidine rings is 1. The molecule has 0 N–H and O–H groups in total. The van der Waals surface area contributed by atoms with Crippen LogP contribution in [0.2, 0.25) is 0 Å². The minimum Gasteiger partial charge on any atom is -0.458 e. The van der Waals surface area contributed by atoms with E-state index in [1.165, 1.54) is 19.4 Å². The van der Waals surface area contributed by atoms with Crippen molar-refractivity contribution in [3.05, 3.63) is 12.2 Å². The van der Waals surface area contributed by atoms with Crippen LogP contribution in [0.3, 0.4) is 0 Å². The van der Waals surface area contributed by atoms with Gasteiger partial charge in [0.1, 0.15) is 18.4 Å². The highest BCUT2D eigenvalue weighted by atomic mass is 16.6. The zero-order valence-electron chi connectivity index (χ0n) is 19.9. The maximum Gasteiger partial charge on any atom is 0.303 e. The van der Waals surface area contributed by atoms with Crippen molar-refractivity contribution in [3.8, 4) is 0 Å². The predicted octanol–water partition coefficient (Wildman–Crippen LogP) is 3.22. The van der Waals surface area contributed by atoms with Crippen molar-refractivity contribution in [1.82, 2.24) is 4.90 Å². The van der Waals surface area contributed by atoms with Crippen LogP contribution in [0.15, 0.2) is 12.2 Å². The maximum absolute atomic E-state index is 13.9. The average molecular weight is 458 g/mol. The maximum atomic E-state index is 13.9. The van der Waals surface area contributed by atoms with Crippen molar-refractivity contribution in [2.45, 2.75) is 84.2 Å². The number of allylic oxidation sites excluding steroid dienone is 1. The first-order valence-electron chi connectivity index (χ1n) is 12.6. The van der Waals surface area contributed by atoms with Gasteiger partial charge in [-0.2, -0.15) is 0 Å². The molecule has 7 aliphatic rings. The number of amides is 1. The Balaban J connectivity index is 1.61. The molecule has 2 saturated heterocycles. The van der Waals surface area contributed by atoms with E-state index in [0.29, 0.717) is 19.1 Å². The quantitative estimate of drug-likeness (QED) is 0.468. The van der Waals surface area contributed by atoms with Crippen LogP contribution in [0.5, 0.6) is 0 Å². The lowest BCUT2D eigenvalue weighted by atomic mass is 9.33. The molecule has 0 aromatic heterocycles. The highest BCUT2D eigenvalue weighted by Crippen LogP contribution is 2.76. The summed E-state index contributed by atoms with van der Waals surface area (Å²) in [6.07, 6.45) is 4.82. The van der Waals surface area contributed by atoms with Gasteiger partial charge in [-0.3, -0.25) is 14.4 Å². The van der Waals surface area contributed by atoms with Gasteiger partial charge >= 0.3 is 11.9 Å². The Bertz CT molecular complexity index is 947. The zero-order valence-corrected chi connectivity index (χ0v) is 19.9. The SMILES string of the molecule is C=C1C[C@]23CC[C@@H]1C[C@H]2[C@@]12CCC[C@@](C)(C(=O)N4CCO[C@@H]41)[C@H]2[C@H](OC(C)=O)[C@H]3OC(C)=O. The molecule has 5 aliphatic carbocycles. The number of carbonyl (C=O) groups excluding carboxylic acids is 3. The normalized spacial score (nSPS) is 49.7. The first kappa shape index (κ1) is 21.6. The standard InChI is InChI=1S/C26H35NO6/c1-14-13-25-9-6-17(14)12-18(25)26-8-5-7-24(4,22(30)27-10-11-31-23(26)27)20(26)19(32-15(2)28)21(25)33-16(3)29/h17-21,23H,1,5-13H2,2-4H3/t17-,18-,19+,20-,21-,23-,24-,25-,26-/m1/s1. The van der Waals surface area contributed by atoms with Crippen LogP contribution in [-0.4, -0.2) is 54.3 Å². The van der Waals surface area contributed by atoms with Gasteiger partial charge < -0.3 is 19.1 Å². The molecule has 5 saturated carbocycles. The third-order valence-electron chi connectivity index (χ3n) is 10.4. The van der Waals surface area contributed by atoms with Crippen LogP contribution in [0.25, 0.3) is 0 Å². The summed E-state index contributed by atoms with van der Waals surface area (Å²) in [5, 5.41) is 0. The Labute approximate surface area is 195 Å². The smallest absolute Gasteiger partial charge is 0.303 e. The van der Waals surface area contributed by atoms with Crippen molar-refractivity contribution in [2.24, 2.45) is 34.0 Å². The Morgan fingerprint density at radius 3 is 2.61 bits per heavy atom. The molecule has 7 nitrogen and oxygen atoms in total. The number of carbonyl (C=O) groups is 3. The predicted molar refractivity (Wildman–Crippen MR) is 117 cm³/mol. The molecular weight excluding hydrogens is 422 g/mol. The Kier molecular flexibility index (Phi) is 4.48. The van der Waals surface area contributed by atoms with Crippen molar-refractivity contribution < 1.29 is 28.6 Å². The van der Waals surface area contributed by atoms with E-state index in [1.54, 1.807) is 0 Å². The summed E-state index contributed by atoms with van der Waals surface area (Å²) in [4.78, 5) is 40.8. The average Bonchev–Trinajstić information content (AvgIpc) is 3.24. The van der Waals surface area contributed by atoms with Crippen LogP contribution in [0, 0.1) is 34.0 Å². The van der Waals surface area contributed by atoms with Gasteiger partial charge in [0, 0.05) is 37.1 Å². The van der Waals surface area contributed by atoms with Gasteiger partial charge in [0.2, 0.25) is 5.91 Å². The largest absolute Gasteiger partial charge is 0.458 e. The Morgan fingerprint density at radius 2 is 1.91 bits per heavy atom. The van der Waals surface area contributed by atoms with Gasteiger partial charge in [-0.15, -0.1) is 0 Å². The lowest BCUT2D eigenvalue weighted by Gasteiger charge is -2.74. The van der Waals surface area contributed by atoms with Crippen LogP contribution in [0.1, 0.15) is 65.7 Å². The van der Waals surface area contributed by atoms with E-state index in [0.717, 1.165) is 44.9 Å². The zero-order chi connectivity index (χ0) is 23.3. The minimum absolute atomic E-state index is 0.102. The fourth-order valence-corrected chi connectivity index (χ4v) is 9.65. The molecule has 2 heterocycles. The van der Waals surface area contributed by atoms with E-state index in [9.17, 15) is 14.4 Å². The van der Waals surface area contributed by atoms with Crippen LogP contribution < -0.4 is 0 Å². The number of esters is 2. The molecule has 4 bridgehead atoms. The second kappa shape index (κ2) is 6.83. The molecule has 2 aliphatic heterocycles. The van der Waals surface area contributed by atoms with Gasteiger partial charge in [0.25, 0.3) is 0 Å². The number of nitrogens with zero attached hydrogens (tertiary/aromatic N) is 1. The number of ether oxygens (including phenoxy) is 3. The van der Waals surface area contributed by atoms with Crippen LogP contribution in [0.4, 0.5) is 0 Å². The molecule has 0 unspecified atom stereocenters. The molecule has 7 heteroatoms. The molecule has 1 spiro atoms. The van der Waals surface area contributed by atoms with Crippen molar-refractivity contribution >= 4 is 17.8 Å². The molecule has 0 aromatic carbocycles. The summed E-state index contributed by atoms with van der Waals surface area (Å²) in [6, 6.07) is 0. The third-order valence-corrected chi connectivity index (χ3v) is 10.4. The van der Waals surface area contributed by atoms with E-state index in [2.05, 4.69) is 13.5 Å². The van der Waals surface area contributed by atoms with Crippen molar-refractivity contribution in [2.75, 3.05) is 13.2 Å². The number of rotatable bonds is 2. The summed E-state index contributed by atoms with van der Waals surface area (Å²) < 4.78 is 18.6. The van der Waals surface area contributed by atoms with Gasteiger partial charge in [0.05, 0.1) is 12.0 Å². The molecule has 33 heavy (non-hydrogen) atoms. The van der Waals surface area contributed by atoms with E-state index in [-0.39, 0.29) is 40.8 Å². The van der Waals surface area contributed by atoms with Crippen LogP contribution in [-0.2, 0) is 28.6 Å². The molecule has 180 valence electrons. The van der Waals surface area contributed by atoms with Gasteiger partial charge in [-0.25, -0.2) is 0 Å². The molecule has 7 rings (SSSR count). The second-order valence-corrected chi connectivity index (χ2v) is 11.8. The first-order valence-corrected chi connectivity index (χ1v) is 12.6. The number of hydrogen-bond donors (Lipinski definition) is 0. The Hall–Kier alpha value is -1.89. The summed E-state index contributed by atoms with van der Waals surface area (Å²) >= 11 is 0. The first-order chi connectivity index (χ1) is 15.6. The van der Waals surface area contributed by atoms with E-state index >= 15 is 0 Å². The molecule has 0 aromatic rings. The summed E-state index contributed by atoms with van der Waals surface area (Å²) in [7, 11) is 0. The monoisotopic (exact) mass is 457 g/mol. The van der Waals surface area contributed by atoms with Gasteiger partial charge in [-0.05, 0) is 50.4 Å². The topological polar surface area (TPSA) is 82.1 Å². The Morgan fingerprint density at radius 1 is 1.15 bits per heavy atom. The van der Waals surface area contributed by atoms with E-state index in [1.807, 2.05) is 4.90 Å². The van der Waals surface area contributed by atoms with E-state index < -0.39 is 23.6 Å². The third kappa shape index (κ3) is 2.52. The molecule has 9 atom stereocenters. The summed E-state index contributed by atoms with van der Waals surface area (Å²) in [6.45, 7) is 10.5. The fourth-order valence-electron chi connectivity index (χ4n) is 9.65. The van der Waals surface area contributed by atoms with Gasteiger partial charge in [0.15, 0.2) is 0 Å². The summed E-state index contributed by atoms with van der Waals surface area (Å²) in [5.41, 5.74) is -0.102. The van der Waals surface area contributed by atoms with Gasteiger partial charge in [-0.1, -0.05) is 25.5 Å². The number of fused-ring (bicyclic) bond motifs is 3. The number of hydrogen-bond acceptors (Lipinski definition) is 6. The van der Waals surface area contributed by atoms with E-state index in [4.69, 9.17) is 14.2 Å². The lowest BCUT2D eigenvalue weighted by molar-refractivity contribution is -0.323. The highest BCUT2D eigenvalue weighted by molar-refractivity contribution is 5.85. The highest BCUT2D eigenvalue weighted by Gasteiger charge is 2.79. The van der Waals surface area contributed by atoms with Crippen molar-refractivity contribution in [3.63, 3.8) is 0 Å². The molecule has 0 radical (unpaired) electrons. The van der Waals surface area contributed by atoms with Crippen LogP contribution >= 0.6 is 0 Å².